The molecule has 1 aromatic heterocycles. The van der Waals surface area contributed by atoms with E-state index in [1.54, 1.807) is 7.11 Å². The van der Waals surface area contributed by atoms with Crippen molar-refractivity contribution in [3.8, 4) is 34.2 Å². The fraction of sp³-hybridized carbons (Fsp3) is 0.0769. The first-order valence-corrected chi connectivity index (χ1v) is 11.6. The number of ether oxygens (including phenoxy) is 1. The summed E-state index contributed by atoms with van der Waals surface area (Å²) in [4.78, 5) is 4.84. The maximum Gasteiger partial charge on any atom is 0.118 e. The topological polar surface area (TPSA) is 45.9 Å². The Morgan fingerprint density at radius 1 is 0.906 bits per heavy atom. The quantitative estimate of drug-likeness (QED) is 0.265. The maximum atomic E-state index is 10.0. The maximum absolute atomic E-state index is 10.0. The predicted octanol–water partition coefficient (Wildman–Crippen LogP) is 7.89. The minimum absolute atomic E-state index is 0.500. The summed E-state index contributed by atoms with van der Waals surface area (Å²) >= 11 is 14.2. The highest BCUT2D eigenvalue weighted by atomic mass is 35.5. The number of thioether (sulfide) groups is 1. The number of methoxy groups -OCH3 is 1. The molecule has 3 aromatic carbocycles. The van der Waals surface area contributed by atoms with Gasteiger partial charge in [0.05, 0.1) is 18.4 Å². The van der Waals surface area contributed by atoms with E-state index in [2.05, 4.69) is 6.07 Å². The second kappa shape index (κ2) is 10.1. The first-order valence-electron chi connectivity index (χ1n) is 9.81. The third-order valence-electron chi connectivity index (χ3n) is 4.98. The Balaban J connectivity index is 1.82. The Labute approximate surface area is 201 Å². The van der Waals surface area contributed by atoms with Crippen LogP contribution in [-0.4, -0.2) is 12.1 Å². The molecular formula is C26H18Cl2N2OS. The summed E-state index contributed by atoms with van der Waals surface area (Å²) in [7, 11) is 1.64. The van der Waals surface area contributed by atoms with E-state index in [1.807, 2.05) is 78.9 Å². The number of benzene rings is 3. The van der Waals surface area contributed by atoms with Gasteiger partial charge < -0.3 is 4.74 Å². The van der Waals surface area contributed by atoms with Crippen molar-refractivity contribution in [3.63, 3.8) is 0 Å². The van der Waals surface area contributed by atoms with Crippen LogP contribution in [0.3, 0.4) is 0 Å². The van der Waals surface area contributed by atoms with Crippen LogP contribution in [-0.2, 0) is 5.75 Å². The highest BCUT2D eigenvalue weighted by Gasteiger charge is 2.17. The van der Waals surface area contributed by atoms with Crippen molar-refractivity contribution in [1.29, 1.82) is 5.26 Å². The number of nitrogens with zero attached hydrogens (tertiary/aromatic N) is 2. The molecule has 6 heteroatoms. The fourth-order valence-corrected chi connectivity index (χ4v) is 5.04. The molecule has 32 heavy (non-hydrogen) atoms. The summed E-state index contributed by atoms with van der Waals surface area (Å²) in [6, 6.07) is 27.3. The van der Waals surface area contributed by atoms with Gasteiger partial charge in [0, 0.05) is 26.9 Å². The van der Waals surface area contributed by atoms with Gasteiger partial charge in [-0.05, 0) is 53.6 Å². The summed E-state index contributed by atoms with van der Waals surface area (Å²) in [6.07, 6.45) is 0. The Morgan fingerprint density at radius 2 is 1.59 bits per heavy atom. The largest absolute Gasteiger partial charge is 0.497 e. The monoisotopic (exact) mass is 476 g/mol. The van der Waals surface area contributed by atoms with Crippen molar-refractivity contribution in [1.82, 2.24) is 4.98 Å². The summed E-state index contributed by atoms with van der Waals surface area (Å²) in [5.41, 5.74) is 4.85. The van der Waals surface area contributed by atoms with Gasteiger partial charge in [0.1, 0.15) is 16.8 Å². The molecular weight excluding hydrogens is 459 g/mol. The number of nitriles is 1. The molecule has 0 unspecified atom stereocenters. The molecule has 4 aromatic rings. The normalized spacial score (nSPS) is 10.6. The SMILES string of the molecule is COc1ccc(-c2cc(-c3ccccc3)c(C#N)c(SCc3c(Cl)cccc3Cl)n2)cc1. The Kier molecular flexibility index (Phi) is 7.02. The highest BCUT2D eigenvalue weighted by molar-refractivity contribution is 7.98. The summed E-state index contributed by atoms with van der Waals surface area (Å²) in [5, 5.41) is 11.9. The molecule has 3 nitrogen and oxygen atoms in total. The van der Waals surface area contributed by atoms with E-state index in [9.17, 15) is 5.26 Å². The van der Waals surface area contributed by atoms with Crippen molar-refractivity contribution in [2.24, 2.45) is 0 Å². The van der Waals surface area contributed by atoms with E-state index >= 15 is 0 Å². The number of rotatable bonds is 6. The summed E-state index contributed by atoms with van der Waals surface area (Å²) in [6.45, 7) is 0. The van der Waals surface area contributed by atoms with Crippen LogP contribution in [0.15, 0.2) is 83.9 Å². The van der Waals surface area contributed by atoms with Crippen LogP contribution in [0, 0.1) is 11.3 Å². The van der Waals surface area contributed by atoms with Gasteiger partial charge in [-0.1, -0.05) is 59.6 Å². The third kappa shape index (κ3) is 4.76. The number of halogens is 2. The average molecular weight is 477 g/mol. The number of hydrogen-bond acceptors (Lipinski definition) is 4. The molecule has 0 radical (unpaired) electrons. The van der Waals surface area contributed by atoms with Crippen LogP contribution in [0.4, 0.5) is 0 Å². The molecule has 0 aliphatic heterocycles. The van der Waals surface area contributed by atoms with Crippen molar-refractivity contribution >= 4 is 35.0 Å². The molecule has 0 fully saturated rings. The number of aromatic nitrogens is 1. The van der Waals surface area contributed by atoms with E-state index < -0.39 is 0 Å². The Bertz CT molecular complexity index is 1270. The van der Waals surface area contributed by atoms with Gasteiger partial charge in [-0.25, -0.2) is 4.98 Å². The Morgan fingerprint density at radius 3 is 2.22 bits per heavy atom. The standard InChI is InChI=1S/C26H18Cl2N2OS/c1-31-19-12-10-18(11-13-19)25-14-20(17-6-3-2-4-7-17)21(15-29)26(30-25)32-16-22-23(27)8-5-9-24(22)28/h2-14H,16H2,1H3. The van der Waals surface area contributed by atoms with Crippen molar-refractivity contribution in [3.05, 3.63) is 100 Å². The Hall–Kier alpha value is -2.97. The van der Waals surface area contributed by atoms with Gasteiger partial charge in [-0.15, -0.1) is 11.8 Å². The number of hydrogen-bond donors (Lipinski definition) is 0. The third-order valence-corrected chi connectivity index (χ3v) is 6.69. The second-order valence-electron chi connectivity index (χ2n) is 6.93. The van der Waals surface area contributed by atoms with Gasteiger partial charge >= 0.3 is 0 Å². The molecule has 4 rings (SSSR count). The predicted molar refractivity (Wildman–Crippen MR) is 132 cm³/mol. The molecule has 0 amide bonds. The van der Waals surface area contributed by atoms with Gasteiger partial charge in [0.15, 0.2) is 0 Å². The van der Waals surface area contributed by atoms with Gasteiger partial charge in [0.25, 0.3) is 0 Å². The zero-order valence-corrected chi connectivity index (χ0v) is 19.5. The molecule has 0 aliphatic carbocycles. The lowest BCUT2D eigenvalue weighted by Gasteiger charge is -2.13. The van der Waals surface area contributed by atoms with Gasteiger partial charge in [0.2, 0.25) is 0 Å². The molecule has 0 N–H and O–H groups in total. The molecule has 0 atom stereocenters. The van der Waals surface area contributed by atoms with Gasteiger partial charge in [-0.2, -0.15) is 5.26 Å². The summed E-state index contributed by atoms with van der Waals surface area (Å²) in [5.74, 6) is 1.27. The van der Waals surface area contributed by atoms with Crippen LogP contribution in [0.2, 0.25) is 10.0 Å². The molecule has 1 heterocycles. The lowest BCUT2D eigenvalue weighted by atomic mass is 9.99. The molecule has 158 valence electrons. The molecule has 0 aliphatic rings. The zero-order chi connectivity index (χ0) is 22.5. The van der Waals surface area contributed by atoms with Crippen molar-refractivity contribution in [2.45, 2.75) is 10.8 Å². The lowest BCUT2D eigenvalue weighted by Crippen LogP contribution is -1.97. The first kappa shape index (κ1) is 22.2. The first-order chi connectivity index (χ1) is 15.6. The van der Waals surface area contributed by atoms with Crippen LogP contribution in [0.5, 0.6) is 5.75 Å². The van der Waals surface area contributed by atoms with Crippen molar-refractivity contribution < 1.29 is 4.74 Å². The van der Waals surface area contributed by atoms with E-state index in [1.165, 1.54) is 11.8 Å². The second-order valence-corrected chi connectivity index (χ2v) is 8.71. The van der Waals surface area contributed by atoms with Gasteiger partial charge in [-0.3, -0.25) is 0 Å². The fourth-order valence-electron chi connectivity index (χ4n) is 3.30. The van der Waals surface area contributed by atoms with E-state index in [-0.39, 0.29) is 0 Å². The van der Waals surface area contributed by atoms with Crippen LogP contribution in [0.1, 0.15) is 11.1 Å². The molecule has 0 saturated heterocycles. The van der Waals surface area contributed by atoms with E-state index in [0.29, 0.717) is 26.4 Å². The van der Waals surface area contributed by atoms with Crippen LogP contribution < -0.4 is 4.74 Å². The average Bonchev–Trinajstić information content (AvgIpc) is 2.83. The van der Waals surface area contributed by atoms with E-state index in [4.69, 9.17) is 32.9 Å². The smallest absolute Gasteiger partial charge is 0.118 e. The molecule has 0 spiro atoms. The minimum atomic E-state index is 0.500. The van der Waals surface area contributed by atoms with Crippen LogP contribution >= 0.6 is 35.0 Å². The van der Waals surface area contributed by atoms with Crippen molar-refractivity contribution in [2.75, 3.05) is 7.11 Å². The highest BCUT2D eigenvalue weighted by Crippen LogP contribution is 2.37. The molecule has 0 bridgehead atoms. The lowest BCUT2D eigenvalue weighted by molar-refractivity contribution is 0.415. The van der Waals surface area contributed by atoms with E-state index in [0.717, 1.165) is 33.7 Å². The summed E-state index contributed by atoms with van der Waals surface area (Å²) < 4.78 is 5.28. The van der Waals surface area contributed by atoms with Crippen LogP contribution in [0.25, 0.3) is 22.4 Å². The number of pyridine rings is 1. The minimum Gasteiger partial charge on any atom is -0.497 e. The zero-order valence-electron chi connectivity index (χ0n) is 17.2. The molecule has 0 saturated carbocycles.